The Morgan fingerprint density at radius 3 is 2.53 bits per heavy atom. The molecule has 15 heavy (non-hydrogen) atoms. The lowest BCUT2D eigenvalue weighted by Crippen LogP contribution is -2.22. The van der Waals surface area contributed by atoms with Gasteiger partial charge in [0.1, 0.15) is 14.2 Å². The zero-order valence-corrected chi connectivity index (χ0v) is 12.6. The zero-order chi connectivity index (χ0) is 11.5. The molecule has 0 saturated heterocycles. The molecular formula is C11H17IO2Si. The molecule has 2 nitrogen and oxygen atoms in total. The quantitative estimate of drug-likeness (QED) is 0.242. The van der Waals surface area contributed by atoms with E-state index in [-0.39, 0.29) is 12.1 Å². The number of rotatable bonds is 1. The Labute approximate surface area is 106 Å². The molecule has 0 N–H and O–H groups in total. The van der Waals surface area contributed by atoms with Crippen LogP contribution in [0.25, 0.3) is 0 Å². The monoisotopic (exact) mass is 336 g/mol. The minimum absolute atomic E-state index is 0.0917. The molecule has 1 aliphatic carbocycles. The molecule has 0 aliphatic heterocycles. The standard InChI is InChI=1S/C11H17IO2Si/c1-15(2,3)8-7-11(13)14-10-6-4-5-9(10)12/h9-10H,4-6H2,1-3H3/t9-,10-/m1/s1. The van der Waals surface area contributed by atoms with Crippen molar-refractivity contribution in [3.8, 4) is 11.5 Å². The highest BCUT2D eigenvalue weighted by atomic mass is 127. The predicted octanol–water partition coefficient (Wildman–Crippen LogP) is 2.77. The molecule has 0 spiro atoms. The molecule has 0 unspecified atom stereocenters. The lowest BCUT2D eigenvalue weighted by Gasteiger charge is -2.13. The molecule has 4 heteroatoms. The summed E-state index contributed by atoms with van der Waals surface area (Å²) >= 11 is 2.36. The lowest BCUT2D eigenvalue weighted by atomic mass is 10.3. The van der Waals surface area contributed by atoms with E-state index in [1.807, 2.05) is 0 Å². The molecular weight excluding hydrogens is 319 g/mol. The highest BCUT2D eigenvalue weighted by Gasteiger charge is 2.27. The van der Waals surface area contributed by atoms with Crippen LogP contribution in [0.1, 0.15) is 19.3 Å². The Kier molecular flexibility index (Phi) is 4.65. The van der Waals surface area contributed by atoms with Crippen LogP contribution in [-0.2, 0) is 9.53 Å². The molecule has 0 radical (unpaired) electrons. The van der Waals surface area contributed by atoms with Crippen LogP contribution in [0, 0.1) is 11.5 Å². The van der Waals surface area contributed by atoms with Crippen molar-refractivity contribution in [2.24, 2.45) is 0 Å². The van der Waals surface area contributed by atoms with Gasteiger partial charge in [-0.2, -0.15) is 0 Å². The largest absolute Gasteiger partial charge is 0.452 e. The average Bonchev–Trinajstić information content (AvgIpc) is 2.47. The first-order valence-corrected chi connectivity index (χ1v) is 10.0. The van der Waals surface area contributed by atoms with E-state index in [4.69, 9.17) is 4.74 Å². The normalized spacial score (nSPS) is 25.6. The van der Waals surface area contributed by atoms with Crippen LogP contribution < -0.4 is 0 Å². The maximum atomic E-state index is 11.4. The summed E-state index contributed by atoms with van der Waals surface area (Å²) in [4.78, 5) is 11.4. The maximum absolute atomic E-state index is 11.4. The van der Waals surface area contributed by atoms with Crippen LogP contribution in [0.3, 0.4) is 0 Å². The van der Waals surface area contributed by atoms with E-state index in [1.54, 1.807) is 0 Å². The van der Waals surface area contributed by atoms with Crippen LogP contribution in [0.2, 0.25) is 19.6 Å². The summed E-state index contributed by atoms with van der Waals surface area (Å²) in [5.41, 5.74) is 3.02. The van der Waals surface area contributed by atoms with E-state index in [9.17, 15) is 4.79 Å². The van der Waals surface area contributed by atoms with Crippen molar-refractivity contribution in [2.75, 3.05) is 0 Å². The molecule has 0 amide bonds. The fourth-order valence-corrected chi connectivity index (χ4v) is 2.84. The topological polar surface area (TPSA) is 26.3 Å². The molecule has 2 atom stereocenters. The van der Waals surface area contributed by atoms with Crippen molar-refractivity contribution in [1.82, 2.24) is 0 Å². The number of carbonyl (C=O) groups excluding carboxylic acids is 1. The second-order valence-corrected chi connectivity index (χ2v) is 11.2. The zero-order valence-electron chi connectivity index (χ0n) is 9.47. The van der Waals surface area contributed by atoms with Gasteiger partial charge in [0.05, 0.1) is 0 Å². The smallest absolute Gasteiger partial charge is 0.384 e. The summed E-state index contributed by atoms with van der Waals surface area (Å²) in [7, 11) is -1.46. The van der Waals surface area contributed by atoms with Crippen LogP contribution in [0.5, 0.6) is 0 Å². The minimum atomic E-state index is -1.46. The molecule has 1 aliphatic rings. The van der Waals surface area contributed by atoms with Gasteiger partial charge in [-0.05, 0) is 19.3 Å². The van der Waals surface area contributed by atoms with Gasteiger partial charge in [0, 0.05) is 9.85 Å². The van der Waals surface area contributed by atoms with Gasteiger partial charge in [0.25, 0.3) is 0 Å². The molecule has 1 rings (SSSR count). The van der Waals surface area contributed by atoms with Gasteiger partial charge in [0.15, 0.2) is 0 Å². The second-order valence-electron chi connectivity index (χ2n) is 4.89. The Bertz CT molecular complexity index is 298. The first-order chi connectivity index (χ1) is 6.88. The lowest BCUT2D eigenvalue weighted by molar-refractivity contribution is -0.141. The number of hydrogen-bond donors (Lipinski definition) is 0. The van der Waals surface area contributed by atoms with Crippen LogP contribution in [0.15, 0.2) is 0 Å². The van der Waals surface area contributed by atoms with Gasteiger partial charge >= 0.3 is 5.97 Å². The number of hydrogen-bond acceptors (Lipinski definition) is 2. The molecule has 0 bridgehead atoms. The molecule has 84 valence electrons. The number of ether oxygens (including phenoxy) is 1. The van der Waals surface area contributed by atoms with Crippen molar-refractivity contribution in [3.63, 3.8) is 0 Å². The van der Waals surface area contributed by atoms with E-state index in [0.717, 1.165) is 19.3 Å². The molecule has 0 aromatic heterocycles. The van der Waals surface area contributed by atoms with Crippen LogP contribution in [0.4, 0.5) is 0 Å². The summed E-state index contributed by atoms with van der Waals surface area (Å²) < 4.78 is 5.79. The predicted molar refractivity (Wildman–Crippen MR) is 72.7 cm³/mol. The minimum Gasteiger partial charge on any atom is -0.452 e. The number of carbonyl (C=O) groups is 1. The third-order valence-electron chi connectivity index (χ3n) is 2.17. The SMILES string of the molecule is C[Si](C)(C)C#CC(=O)O[C@@H]1CCC[C@H]1I. The van der Waals surface area contributed by atoms with Crippen molar-refractivity contribution in [3.05, 3.63) is 0 Å². The molecule has 0 heterocycles. The Hall–Kier alpha value is -0.0231. The molecule has 1 saturated carbocycles. The van der Waals surface area contributed by atoms with E-state index in [2.05, 4.69) is 53.7 Å². The Morgan fingerprint density at radius 2 is 2.07 bits per heavy atom. The highest BCUT2D eigenvalue weighted by molar-refractivity contribution is 14.1. The summed E-state index contributed by atoms with van der Waals surface area (Å²) in [6.07, 6.45) is 3.40. The van der Waals surface area contributed by atoms with E-state index in [1.165, 1.54) is 0 Å². The van der Waals surface area contributed by atoms with Gasteiger partial charge in [-0.25, -0.2) is 4.79 Å². The average molecular weight is 336 g/mol. The first kappa shape index (κ1) is 13.0. The molecule has 0 aromatic carbocycles. The van der Waals surface area contributed by atoms with E-state index < -0.39 is 8.07 Å². The molecule has 0 aromatic rings. The van der Waals surface area contributed by atoms with Crippen molar-refractivity contribution in [2.45, 2.75) is 48.9 Å². The summed E-state index contributed by atoms with van der Waals surface area (Å²) in [6.45, 7) is 6.35. The van der Waals surface area contributed by atoms with Gasteiger partial charge in [-0.1, -0.05) is 42.2 Å². The van der Waals surface area contributed by atoms with Gasteiger partial charge in [0.2, 0.25) is 0 Å². The fourth-order valence-electron chi connectivity index (χ4n) is 1.42. The van der Waals surface area contributed by atoms with E-state index in [0.29, 0.717) is 3.92 Å². The fraction of sp³-hybridized carbons (Fsp3) is 0.727. The van der Waals surface area contributed by atoms with Crippen molar-refractivity contribution >= 4 is 36.6 Å². The molecule has 1 fully saturated rings. The van der Waals surface area contributed by atoms with Gasteiger partial charge < -0.3 is 4.74 Å². The van der Waals surface area contributed by atoms with Crippen molar-refractivity contribution < 1.29 is 9.53 Å². The second kappa shape index (κ2) is 5.35. The number of esters is 1. The summed E-state index contributed by atoms with van der Waals surface area (Å²) in [6, 6.07) is 0. The van der Waals surface area contributed by atoms with Crippen LogP contribution in [-0.4, -0.2) is 24.1 Å². The Balaban J connectivity index is 2.45. The first-order valence-electron chi connectivity index (χ1n) is 5.26. The van der Waals surface area contributed by atoms with Crippen molar-refractivity contribution in [1.29, 1.82) is 0 Å². The third-order valence-corrected chi connectivity index (χ3v) is 4.47. The Morgan fingerprint density at radius 1 is 1.40 bits per heavy atom. The number of halogens is 1. The summed E-state index contributed by atoms with van der Waals surface area (Å²) in [5.74, 6) is 2.28. The maximum Gasteiger partial charge on any atom is 0.384 e. The third kappa shape index (κ3) is 5.02. The number of alkyl halides is 1. The van der Waals surface area contributed by atoms with E-state index >= 15 is 0 Å². The summed E-state index contributed by atoms with van der Waals surface area (Å²) in [5, 5.41) is 0. The van der Waals surface area contributed by atoms with Crippen LogP contribution >= 0.6 is 22.6 Å². The van der Waals surface area contributed by atoms with Gasteiger partial charge in [-0.15, -0.1) is 5.54 Å². The van der Waals surface area contributed by atoms with Gasteiger partial charge in [-0.3, -0.25) is 0 Å². The highest BCUT2D eigenvalue weighted by Crippen LogP contribution is 2.28.